The molecule has 0 spiro atoms. The Labute approximate surface area is 180 Å². The van der Waals surface area contributed by atoms with Gasteiger partial charge < -0.3 is 14.4 Å². The molecular formula is C26H33NO3. The molecule has 0 bridgehead atoms. The molecule has 1 unspecified atom stereocenters. The molecule has 2 aromatic carbocycles. The van der Waals surface area contributed by atoms with Gasteiger partial charge in [-0.05, 0) is 55.5 Å². The van der Waals surface area contributed by atoms with Crippen LogP contribution in [0.25, 0.3) is 5.57 Å². The van der Waals surface area contributed by atoms with E-state index < -0.39 is 0 Å². The number of nitrogens with zero attached hydrogens (tertiary/aromatic N) is 1. The summed E-state index contributed by atoms with van der Waals surface area (Å²) in [6.45, 7) is 8.31. The third-order valence-electron chi connectivity index (χ3n) is 5.60. The van der Waals surface area contributed by atoms with Crippen molar-refractivity contribution >= 4 is 11.5 Å². The zero-order valence-electron chi connectivity index (χ0n) is 18.2. The van der Waals surface area contributed by atoms with Gasteiger partial charge in [0.05, 0.1) is 25.7 Å². The van der Waals surface area contributed by atoms with Crippen molar-refractivity contribution in [3.05, 3.63) is 77.4 Å². The van der Waals surface area contributed by atoms with Gasteiger partial charge in [-0.25, -0.2) is 0 Å². The lowest BCUT2D eigenvalue weighted by Gasteiger charge is -2.31. The molecule has 1 aliphatic rings. The Bertz CT molecular complexity index is 831. The first kappa shape index (κ1) is 22.3. The predicted molar refractivity (Wildman–Crippen MR) is 121 cm³/mol. The molecule has 1 fully saturated rings. The third kappa shape index (κ3) is 6.28. The topological polar surface area (TPSA) is 38.8 Å². The van der Waals surface area contributed by atoms with Crippen molar-refractivity contribution in [3.63, 3.8) is 0 Å². The summed E-state index contributed by atoms with van der Waals surface area (Å²) in [6.07, 6.45) is 4.14. The molecule has 0 N–H and O–H groups in total. The molecule has 4 heteroatoms. The van der Waals surface area contributed by atoms with Crippen LogP contribution in [0.5, 0.6) is 0 Å². The van der Waals surface area contributed by atoms with Crippen LogP contribution < -0.4 is 0 Å². The number of esters is 1. The maximum Gasteiger partial charge on any atom is 0.310 e. The summed E-state index contributed by atoms with van der Waals surface area (Å²) < 4.78 is 11.1. The van der Waals surface area contributed by atoms with E-state index in [2.05, 4.69) is 66.4 Å². The lowest BCUT2D eigenvalue weighted by Crippen LogP contribution is -2.40. The SMILES string of the molecule is CCOC(=O)C1CCCN(CCOC/C=C(\c2ccccc2)c2ccccc2C)C1. The third-order valence-corrected chi connectivity index (χ3v) is 5.60. The molecule has 0 radical (unpaired) electrons. The van der Waals surface area contributed by atoms with Gasteiger partial charge in [0.15, 0.2) is 0 Å². The lowest BCUT2D eigenvalue weighted by molar-refractivity contribution is -0.150. The zero-order valence-corrected chi connectivity index (χ0v) is 18.2. The first-order valence-electron chi connectivity index (χ1n) is 11.0. The van der Waals surface area contributed by atoms with Crippen LogP contribution in [-0.2, 0) is 14.3 Å². The molecule has 1 atom stereocenters. The smallest absolute Gasteiger partial charge is 0.310 e. The number of likely N-dealkylation sites (tertiary alicyclic amines) is 1. The molecule has 1 aliphatic heterocycles. The summed E-state index contributed by atoms with van der Waals surface area (Å²) in [5.41, 5.74) is 4.89. The molecular weight excluding hydrogens is 374 g/mol. The van der Waals surface area contributed by atoms with Crippen LogP contribution in [0.3, 0.4) is 0 Å². The molecule has 3 rings (SSSR count). The summed E-state index contributed by atoms with van der Waals surface area (Å²) in [5.74, 6) is -0.0545. The normalized spacial score (nSPS) is 17.7. The molecule has 1 saturated heterocycles. The number of hydrogen-bond donors (Lipinski definition) is 0. The van der Waals surface area contributed by atoms with Crippen LogP contribution in [0.4, 0.5) is 0 Å². The number of benzene rings is 2. The van der Waals surface area contributed by atoms with Crippen LogP contribution in [0.2, 0.25) is 0 Å². The van der Waals surface area contributed by atoms with Crippen molar-refractivity contribution in [2.75, 3.05) is 39.5 Å². The second-order valence-corrected chi connectivity index (χ2v) is 7.77. The van der Waals surface area contributed by atoms with E-state index in [-0.39, 0.29) is 11.9 Å². The van der Waals surface area contributed by atoms with Gasteiger partial charge >= 0.3 is 5.97 Å². The highest BCUT2D eigenvalue weighted by Gasteiger charge is 2.26. The highest BCUT2D eigenvalue weighted by molar-refractivity contribution is 5.81. The van der Waals surface area contributed by atoms with Crippen molar-refractivity contribution < 1.29 is 14.3 Å². The standard InChI is InChI=1S/C26H33NO3/c1-3-30-26(28)23-13-9-16-27(20-23)17-19-29-18-15-25(22-11-5-4-6-12-22)24-14-8-7-10-21(24)2/h4-8,10-12,14-15,23H,3,9,13,16-20H2,1-2H3/b25-15+. The van der Waals surface area contributed by atoms with Crippen molar-refractivity contribution in [3.8, 4) is 0 Å². The van der Waals surface area contributed by atoms with E-state index in [1.165, 1.54) is 22.3 Å². The Hall–Kier alpha value is -2.43. The quantitative estimate of drug-likeness (QED) is 0.445. The Morgan fingerprint density at radius 2 is 1.90 bits per heavy atom. The fourth-order valence-corrected chi connectivity index (χ4v) is 4.01. The average molecular weight is 408 g/mol. The number of aryl methyl sites for hydroxylation is 1. The number of rotatable bonds is 9. The second kappa shape index (κ2) is 11.7. The summed E-state index contributed by atoms with van der Waals surface area (Å²) in [6, 6.07) is 18.9. The highest BCUT2D eigenvalue weighted by Crippen LogP contribution is 2.26. The molecule has 2 aromatic rings. The number of ether oxygens (including phenoxy) is 2. The minimum atomic E-state index is -0.0585. The summed E-state index contributed by atoms with van der Waals surface area (Å²) in [7, 11) is 0. The van der Waals surface area contributed by atoms with Crippen molar-refractivity contribution in [1.29, 1.82) is 0 Å². The number of hydrogen-bond acceptors (Lipinski definition) is 4. The number of carbonyl (C=O) groups excluding carboxylic acids is 1. The van der Waals surface area contributed by atoms with E-state index in [9.17, 15) is 4.79 Å². The van der Waals surface area contributed by atoms with E-state index >= 15 is 0 Å². The molecule has 160 valence electrons. The second-order valence-electron chi connectivity index (χ2n) is 7.77. The first-order valence-corrected chi connectivity index (χ1v) is 11.0. The average Bonchev–Trinajstić information content (AvgIpc) is 2.78. The molecule has 1 heterocycles. The van der Waals surface area contributed by atoms with Gasteiger partial charge in [0.1, 0.15) is 0 Å². The van der Waals surface area contributed by atoms with Gasteiger partial charge in [-0.1, -0.05) is 60.7 Å². The number of piperidine rings is 1. The van der Waals surface area contributed by atoms with Crippen LogP contribution in [0.15, 0.2) is 60.7 Å². The summed E-state index contributed by atoms with van der Waals surface area (Å²) in [4.78, 5) is 14.3. The minimum absolute atomic E-state index is 0.00401. The predicted octanol–water partition coefficient (Wildman–Crippen LogP) is 4.72. The van der Waals surface area contributed by atoms with E-state index in [1.807, 2.05) is 13.0 Å². The van der Waals surface area contributed by atoms with Crippen molar-refractivity contribution in [2.24, 2.45) is 5.92 Å². The van der Waals surface area contributed by atoms with E-state index in [1.54, 1.807) is 0 Å². The fourth-order valence-electron chi connectivity index (χ4n) is 4.01. The van der Waals surface area contributed by atoms with Gasteiger partial charge in [0.25, 0.3) is 0 Å². The fraction of sp³-hybridized carbons (Fsp3) is 0.423. The Kier molecular flexibility index (Phi) is 8.66. The first-order chi connectivity index (χ1) is 14.7. The Morgan fingerprint density at radius 1 is 1.13 bits per heavy atom. The van der Waals surface area contributed by atoms with E-state index in [0.717, 1.165) is 32.5 Å². The van der Waals surface area contributed by atoms with Crippen LogP contribution >= 0.6 is 0 Å². The van der Waals surface area contributed by atoms with E-state index in [0.29, 0.717) is 19.8 Å². The van der Waals surface area contributed by atoms with Crippen LogP contribution in [0.1, 0.15) is 36.5 Å². The summed E-state index contributed by atoms with van der Waals surface area (Å²) in [5, 5.41) is 0. The van der Waals surface area contributed by atoms with Crippen LogP contribution in [0, 0.1) is 12.8 Å². The minimum Gasteiger partial charge on any atom is -0.466 e. The molecule has 0 amide bonds. The van der Waals surface area contributed by atoms with Gasteiger partial charge in [-0.2, -0.15) is 0 Å². The van der Waals surface area contributed by atoms with E-state index in [4.69, 9.17) is 9.47 Å². The molecule has 0 saturated carbocycles. The van der Waals surface area contributed by atoms with Crippen molar-refractivity contribution in [1.82, 2.24) is 4.90 Å². The van der Waals surface area contributed by atoms with Gasteiger partial charge in [0.2, 0.25) is 0 Å². The highest BCUT2D eigenvalue weighted by atomic mass is 16.5. The largest absolute Gasteiger partial charge is 0.466 e. The molecule has 4 nitrogen and oxygen atoms in total. The molecule has 0 aliphatic carbocycles. The molecule has 30 heavy (non-hydrogen) atoms. The van der Waals surface area contributed by atoms with Gasteiger partial charge in [-0.3, -0.25) is 4.79 Å². The van der Waals surface area contributed by atoms with Crippen molar-refractivity contribution in [2.45, 2.75) is 26.7 Å². The van der Waals surface area contributed by atoms with Crippen LogP contribution in [-0.4, -0.2) is 50.3 Å². The zero-order chi connectivity index (χ0) is 21.2. The Morgan fingerprint density at radius 3 is 2.67 bits per heavy atom. The maximum atomic E-state index is 12.0. The van der Waals surface area contributed by atoms with Gasteiger partial charge in [0, 0.05) is 13.1 Å². The maximum absolute atomic E-state index is 12.0. The molecule has 0 aromatic heterocycles. The van der Waals surface area contributed by atoms with Gasteiger partial charge in [-0.15, -0.1) is 0 Å². The Balaban J connectivity index is 1.55. The monoisotopic (exact) mass is 407 g/mol. The summed E-state index contributed by atoms with van der Waals surface area (Å²) >= 11 is 0. The lowest BCUT2D eigenvalue weighted by atomic mass is 9.94. The number of carbonyl (C=O) groups is 1.